The smallest absolute Gasteiger partial charge is 0.341 e. The van der Waals surface area contributed by atoms with Crippen LogP contribution in [0.4, 0.5) is 0 Å². The monoisotopic (exact) mass is 340 g/mol. The highest BCUT2D eigenvalue weighted by molar-refractivity contribution is 5.86. The second-order valence-electron chi connectivity index (χ2n) is 5.90. The zero-order chi connectivity index (χ0) is 17.6. The van der Waals surface area contributed by atoms with E-state index in [0.29, 0.717) is 30.5 Å². The molecule has 0 aliphatic rings. The van der Waals surface area contributed by atoms with Crippen LogP contribution in [0.1, 0.15) is 24.0 Å². The number of carboxylic acid groups (broad SMARTS) is 1. The van der Waals surface area contributed by atoms with E-state index in [1.54, 1.807) is 12.3 Å². The first-order chi connectivity index (χ1) is 12.1. The van der Waals surface area contributed by atoms with Gasteiger partial charge in [-0.25, -0.2) is 4.79 Å². The number of carboxylic acids is 1. The molecule has 0 radical (unpaired) electrons. The minimum Gasteiger partial charge on any atom is -0.479 e. The predicted molar refractivity (Wildman–Crippen MR) is 93.9 cm³/mol. The number of rotatable bonds is 8. The number of fused-ring (bicyclic) bond motifs is 1. The molecule has 130 valence electrons. The van der Waals surface area contributed by atoms with Crippen LogP contribution < -0.4 is 4.74 Å². The molecule has 5 heteroatoms. The van der Waals surface area contributed by atoms with E-state index in [-0.39, 0.29) is 0 Å². The topological polar surface area (TPSA) is 68.9 Å². The average Bonchev–Trinajstić information content (AvgIpc) is 3.04. The third kappa shape index (κ3) is 4.19. The highest BCUT2D eigenvalue weighted by atomic mass is 16.5. The quantitative estimate of drug-likeness (QED) is 0.665. The summed E-state index contributed by atoms with van der Waals surface area (Å²) in [5.41, 5.74) is 2.69. The highest BCUT2D eigenvalue weighted by Crippen LogP contribution is 2.30. The minimum atomic E-state index is -1.03. The van der Waals surface area contributed by atoms with Gasteiger partial charge in [0.1, 0.15) is 0 Å². The standard InChI is InChI=1S/C20H20O5/c1-14(15-6-3-2-4-7-15)10-23-11-16-12-25-20-17(16)8-5-9-18(20)24-13-19(21)22/h2-9,12,14H,10-11,13H2,1H3,(H,21,22)/t14-/m1/s1. The van der Waals surface area contributed by atoms with Gasteiger partial charge >= 0.3 is 5.97 Å². The fourth-order valence-electron chi connectivity index (χ4n) is 2.67. The molecule has 3 rings (SSSR count). The van der Waals surface area contributed by atoms with Crippen molar-refractivity contribution in [2.24, 2.45) is 0 Å². The molecule has 3 aromatic rings. The molecule has 0 unspecified atom stereocenters. The Kier molecular flexibility index (Phi) is 5.36. The molecule has 0 amide bonds. The van der Waals surface area contributed by atoms with Crippen LogP contribution in [0.5, 0.6) is 5.75 Å². The molecule has 0 fully saturated rings. The van der Waals surface area contributed by atoms with Gasteiger partial charge in [-0.05, 0) is 11.6 Å². The molecule has 0 bridgehead atoms. The summed E-state index contributed by atoms with van der Waals surface area (Å²) in [6, 6.07) is 15.6. The van der Waals surface area contributed by atoms with Crippen molar-refractivity contribution in [3.05, 3.63) is 65.9 Å². The second-order valence-corrected chi connectivity index (χ2v) is 5.90. The van der Waals surface area contributed by atoms with Crippen molar-refractivity contribution in [1.82, 2.24) is 0 Å². The van der Waals surface area contributed by atoms with Crippen molar-refractivity contribution in [2.45, 2.75) is 19.4 Å². The number of aliphatic carboxylic acids is 1. The average molecular weight is 340 g/mol. The molecule has 0 aliphatic heterocycles. The van der Waals surface area contributed by atoms with Gasteiger partial charge in [0.15, 0.2) is 17.9 Å². The predicted octanol–water partition coefficient (Wildman–Crippen LogP) is 4.22. The van der Waals surface area contributed by atoms with Gasteiger partial charge in [0.05, 0.1) is 19.5 Å². The fourth-order valence-corrected chi connectivity index (χ4v) is 2.67. The van der Waals surface area contributed by atoms with Gasteiger partial charge in [0.2, 0.25) is 0 Å². The normalized spacial score (nSPS) is 12.2. The fraction of sp³-hybridized carbons (Fsp3) is 0.250. The van der Waals surface area contributed by atoms with E-state index in [0.717, 1.165) is 10.9 Å². The van der Waals surface area contributed by atoms with Crippen LogP contribution in [-0.2, 0) is 16.1 Å². The number of ether oxygens (including phenoxy) is 2. The van der Waals surface area contributed by atoms with Gasteiger partial charge in [0.25, 0.3) is 0 Å². The maximum atomic E-state index is 10.7. The van der Waals surface area contributed by atoms with Gasteiger partial charge in [-0.3, -0.25) is 0 Å². The molecular formula is C20H20O5. The molecular weight excluding hydrogens is 320 g/mol. The Hall–Kier alpha value is -2.79. The van der Waals surface area contributed by atoms with Crippen LogP contribution in [0.25, 0.3) is 11.0 Å². The third-order valence-electron chi connectivity index (χ3n) is 3.99. The number of para-hydroxylation sites is 1. The van der Waals surface area contributed by atoms with Gasteiger partial charge in [0, 0.05) is 16.9 Å². The summed E-state index contributed by atoms with van der Waals surface area (Å²) in [7, 11) is 0. The van der Waals surface area contributed by atoms with Gasteiger partial charge < -0.3 is 19.0 Å². The summed E-state index contributed by atoms with van der Waals surface area (Å²) in [6.07, 6.45) is 1.63. The van der Waals surface area contributed by atoms with Crippen molar-refractivity contribution in [1.29, 1.82) is 0 Å². The number of hydrogen-bond donors (Lipinski definition) is 1. The first-order valence-electron chi connectivity index (χ1n) is 8.11. The lowest BCUT2D eigenvalue weighted by Crippen LogP contribution is -2.09. The lowest BCUT2D eigenvalue weighted by Gasteiger charge is -2.12. The van der Waals surface area contributed by atoms with E-state index in [9.17, 15) is 4.79 Å². The van der Waals surface area contributed by atoms with Crippen LogP contribution in [0.3, 0.4) is 0 Å². The van der Waals surface area contributed by atoms with Gasteiger partial charge in [-0.15, -0.1) is 0 Å². The molecule has 1 N–H and O–H groups in total. The lowest BCUT2D eigenvalue weighted by atomic mass is 10.0. The van der Waals surface area contributed by atoms with Crippen LogP contribution in [0, 0.1) is 0 Å². The maximum absolute atomic E-state index is 10.7. The van der Waals surface area contributed by atoms with E-state index in [1.807, 2.05) is 30.3 Å². The number of benzene rings is 2. The summed E-state index contributed by atoms with van der Waals surface area (Å²) in [5.74, 6) is -0.306. The Morgan fingerprint density at radius 2 is 1.96 bits per heavy atom. The van der Waals surface area contributed by atoms with Crippen molar-refractivity contribution < 1.29 is 23.8 Å². The van der Waals surface area contributed by atoms with Crippen molar-refractivity contribution in [3.8, 4) is 5.75 Å². The molecule has 0 spiro atoms. The molecule has 1 heterocycles. The lowest BCUT2D eigenvalue weighted by molar-refractivity contribution is -0.139. The van der Waals surface area contributed by atoms with Crippen LogP contribution in [-0.4, -0.2) is 24.3 Å². The number of carbonyl (C=O) groups is 1. The molecule has 2 aromatic carbocycles. The zero-order valence-corrected chi connectivity index (χ0v) is 14.0. The summed E-state index contributed by atoms with van der Waals surface area (Å²) >= 11 is 0. The Morgan fingerprint density at radius 3 is 2.72 bits per heavy atom. The second kappa shape index (κ2) is 7.85. The highest BCUT2D eigenvalue weighted by Gasteiger charge is 2.13. The van der Waals surface area contributed by atoms with E-state index in [4.69, 9.17) is 19.0 Å². The molecule has 5 nitrogen and oxygen atoms in total. The summed E-state index contributed by atoms with van der Waals surface area (Å²) in [5, 5.41) is 9.61. The minimum absolute atomic E-state index is 0.300. The zero-order valence-electron chi connectivity index (χ0n) is 14.0. The SMILES string of the molecule is C[C@H](COCc1coc2c(OCC(=O)O)cccc12)c1ccccc1. The van der Waals surface area contributed by atoms with Crippen molar-refractivity contribution in [2.75, 3.05) is 13.2 Å². The van der Waals surface area contributed by atoms with Gasteiger partial charge in [-0.1, -0.05) is 49.4 Å². The van der Waals surface area contributed by atoms with E-state index >= 15 is 0 Å². The third-order valence-corrected chi connectivity index (χ3v) is 3.99. The number of furan rings is 1. The van der Waals surface area contributed by atoms with E-state index in [1.165, 1.54) is 5.56 Å². The summed E-state index contributed by atoms with van der Waals surface area (Å²) in [4.78, 5) is 10.7. The summed E-state index contributed by atoms with van der Waals surface area (Å²) < 4.78 is 16.7. The van der Waals surface area contributed by atoms with Crippen LogP contribution in [0.2, 0.25) is 0 Å². The first-order valence-corrected chi connectivity index (χ1v) is 8.11. The van der Waals surface area contributed by atoms with E-state index in [2.05, 4.69) is 19.1 Å². The van der Waals surface area contributed by atoms with Crippen LogP contribution in [0.15, 0.2) is 59.2 Å². The maximum Gasteiger partial charge on any atom is 0.341 e. The number of hydrogen-bond acceptors (Lipinski definition) is 4. The van der Waals surface area contributed by atoms with Crippen LogP contribution >= 0.6 is 0 Å². The van der Waals surface area contributed by atoms with E-state index < -0.39 is 12.6 Å². The molecule has 1 aromatic heterocycles. The van der Waals surface area contributed by atoms with Gasteiger partial charge in [-0.2, -0.15) is 0 Å². The Morgan fingerprint density at radius 1 is 1.16 bits per heavy atom. The largest absolute Gasteiger partial charge is 0.479 e. The molecule has 0 aliphatic carbocycles. The van der Waals surface area contributed by atoms with Crippen molar-refractivity contribution in [3.63, 3.8) is 0 Å². The summed E-state index contributed by atoms with van der Waals surface area (Å²) in [6.45, 7) is 2.75. The Balaban J connectivity index is 1.64. The van der Waals surface area contributed by atoms with Crippen molar-refractivity contribution >= 4 is 16.9 Å². The molecule has 0 saturated carbocycles. The molecule has 0 saturated heterocycles. The molecule has 1 atom stereocenters. The first kappa shape index (κ1) is 17.0. The molecule has 25 heavy (non-hydrogen) atoms. The Labute approximate surface area is 145 Å². The Bertz CT molecular complexity index is 838.